The Bertz CT molecular complexity index is 2380. The van der Waals surface area contributed by atoms with Crippen molar-refractivity contribution < 1.29 is 73.5 Å². The molecule has 2 aromatic rings. The van der Waals surface area contributed by atoms with Gasteiger partial charge in [0.15, 0.2) is 12.6 Å². The van der Waals surface area contributed by atoms with E-state index in [1.165, 1.54) is 13.1 Å². The fourth-order valence-corrected chi connectivity index (χ4v) is 12.2. The van der Waals surface area contributed by atoms with Crippen LogP contribution in [0.25, 0.3) is 10.9 Å². The summed E-state index contributed by atoms with van der Waals surface area (Å²) in [5.74, 6) is -6.13. The van der Waals surface area contributed by atoms with Gasteiger partial charge in [-0.05, 0) is 119 Å². The Hall–Kier alpha value is -3.93. The van der Waals surface area contributed by atoms with E-state index in [2.05, 4.69) is 10.5 Å². The van der Waals surface area contributed by atoms with E-state index in [9.17, 15) is 49.9 Å². The van der Waals surface area contributed by atoms with E-state index >= 15 is 0 Å². The third-order valence-corrected chi connectivity index (χ3v) is 16.8. The molecule has 0 aliphatic carbocycles. The Balaban J connectivity index is 1.35. The summed E-state index contributed by atoms with van der Waals surface area (Å²) in [5.41, 5.74) is -3.91. The number of aliphatic hydroxyl groups is 4. The van der Waals surface area contributed by atoms with E-state index in [4.69, 9.17) is 28.4 Å². The Morgan fingerprint density at radius 1 is 0.961 bits per heavy atom. The molecule has 0 radical (unpaired) electrons. The number of nitrogens with zero attached hydrogens (tertiary/aromatic N) is 3. The highest BCUT2D eigenvalue weighted by Gasteiger charge is 2.54. The van der Waals surface area contributed by atoms with Crippen molar-refractivity contribution in [1.29, 1.82) is 0 Å². The number of likely N-dealkylation sites (N-methyl/N-ethyl adjacent to an activating group) is 1. The van der Waals surface area contributed by atoms with Gasteiger partial charge in [-0.1, -0.05) is 38.9 Å². The summed E-state index contributed by atoms with van der Waals surface area (Å²) in [6, 6.07) is 5.18. The first-order valence-corrected chi connectivity index (χ1v) is 27.2. The van der Waals surface area contributed by atoms with Crippen LogP contribution in [0, 0.1) is 29.6 Å². The number of hydrogen-bond donors (Lipinski definition) is 7. The average Bonchev–Trinajstić information content (AvgIpc) is 3.36. The minimum Gasteiger partial charge on any atom is -0.477 e. The number of fused-ring (bicyclic) bond motifs is 1. The van der Waals surface area contributed by atoms with Crippen LogP contribution in [0.15, 0.2) is 34.3 Å². The quantitative estimate of drug-likeness (QED) is 0.0452. The molecule has 0 bridgehead atoms. The number of carboxylic acid groups (broad SMARTS) is 1. The monoisotopic (exact) mass is 1070 g/mol. The molecule has 0 saturated carbocycles. The molecule has 3 aliphatic heterocycles. The number of carbonyl (C=O) groups excluding carboxylic acids is 2. The van der Waals surface area contributed by atoms with Crippen LogP contribution in [0.1, 0.15) is 137 Å². The van der Waals surface area contributed by atoms with Gasteiger partial charge in [-0.2, -0.15) is 0 Å². The van der Waals surface area contributed by atoms with Crippen LogP contribution in [0.3, 0.4) is 0 Å². The number of aromatic carboxylic acids is 1. The van der Waals surface area contributed by atoms with E-state index in [0.717, 1.165) is 5.56 Å². The Labute approximate surface area is 448 Å². The Kier molecular flexibility index (Phi) is 21.8. The van der Waals surface area contributed by atoms with E-state index in [0.29, 0.717) is 49.8 Å². The lowest BCUT2D eigenvalue weighted by molar-refractivity contribution is -0.314. The number of nitrogens with one attached hydrogen (secondary N) is 1. The number of ether oxygens (including phenoxy) is 6. The van der Waals surface area contributed by atoms with Crippen LogP contribution in [0.5, 0.6) is 0 Å². The molecule has 0 unspecified atom stereocenters. The molecule has 1 aromatic carbocycles. The van der Waals surface area contributed by atoms with Gasteiger partial charge in [0.1, 0.15) is 29.2 Å². The summed E-state index contributed by atoms with van der Waals surface area (Å²) in [5, 5.41) is 75.4. The zero-order chi connectivity index (χ0) is 56.8. The summed E-state index contributed by atoms with van der Waals surface area (Å²) < 4.78 is 40.6. The minimum atomic E-state index is -2.02. The number of aliphatic hydroxyl groups excluding tert-OH is 2. The normalized spacial score (nSPS) is 37.8. The van der Waals surface area contributed by atoms with Gasteiger partial charge in [-0.3, -0.25) is 14.4 Å². The van der Waals surface area contributed by atoms with Gasteiger partial charge in [-0.25, -0.2) is 4.79 Å². The maximum atomic E-state index is 14.5. The van der Waals surface area contributed by atoms with Gasteiger partial charge in [0.25, 0.3) is 0 Å². The van der Waals surface area contributed by atoms with Crippen molar-refractivity contribution in [3.63, 3.8) is 0 Å². The summed E-state index contributed by atoms with van der Waals surface area (Å²) >= 11 is 0. The standard InChI is InChI=1S/C56H90N4O16/c1-15-43-56(11,69)49(64)32(5)45(58-70)30(3)27-54(9,68)50(76-53-47(63)42(59(12)13)24-31(4)72-53)33(6)48(34(7)52(67)74-43)75-44-28-55(10,71-14)40(35(8)73-44)26-37(61)21-23-57-22-17-18-36-19-20-41-38(25-36)46(62)39(51(65)66)29-60(41)16-2/h19-20,25,29-35,40,42-44,47-50,53,57,63-64,68-70H,15-18,21-24,26-28H2,1-14H3,(H,65,66)/b58-45+/t30-,31-,32-,33+,34+,35-,40+,42+,43-,44+,47+,48+,49-,50-,53+,54+,55-,56+/m0/s1. The predicted molar refractivity (Wildman–Crippen MR) is 284 cm³/mol. The number of pyridine rings is 1. The van der Waals surface area contributed by atoms with Gasteiger partial charge in [0.2, 0.25) is 5.43 Å². The number of hydrogen-bond acceptors (Lipinski definition) is 18. The number of oxime groups is 1. The maximum Gasteiger partial charge on any atom is 0.341 e. The first kappa shape index (κ1) is 62.9. The van der Waals surface area contributed by atoms with E-state index in [1.54, 1.807) is 59.3 Å². The summed E-state index contributed by atoms with van der Waals surface area (Å²) in [6.07, 6.45) is -5.75. The molecular formula is C56H90N4O16. The molecule has 0 spiro atoms. The summed E-state index contributed by atoms with van der Waals surface area (Å²) in [6.45, 7) is 20.3. The predicted octanol–water partition coefficient (Wildman–Crippen LogP) is 4.91. The molecule has 0 amide bonds. The molecule has 3 saturated heterocycles. The molecule has 3 fully saturated rings. The van der Waals surface area contributed by atoms with Crippen LogP contribution in [-0.2, 0) is 51.0 Å². The molecule has 18 atom stereocenters. The van der Waals surface area contributed by atoms with E-state index in [1.807, 2.05) is 58.8 Å². The SMILES string of the molecule is CC[C@@H]1OC(=O)[C@H](C)[C@H](O[C@@H]2C[C@](C)(OC)[C@H](CC(=O)CCNCCCc3ccc4c(c3)c(=O)c(C(=O)O)cn4CC)[C@H](C)O2)[C@@H](C)[C@H](O[C@H]2O[C@@H](C)C[C@@H](N(C)C)[C@H]2O)[C@](C)(O)C[C@H](C)/C(=N\O)[C@H](C)[C@H](O)[C@]1(C)O. The van der Waals surface area contributed by atoms with E-state index < -0.39 is 113 Å². The molecule has 20 nitrogen and oxygen atoms in total. The first-order valence-electron chi connectivity index (χ1n) is 27.2. The number of ketones is 1. The number of aryl methyl sites for hydroxylation is 2. The molecule has 20 heteroatoms. The average molecular weight is 1080 g/mol. The van der Waals surface area contributed by atoms with Crippen LogP contribution in [0.4, 0.5) is 0 Å². The van der Waals surface area contributed by atoms with Gasteiger partial charge in [-0.15, -0.1) is 0 Å². The first-order chi connectivity index (χ1) is 35.6. The minimum absolute atomic E-state index is 0.00717. The highest BCUT2D eigenvalue weighted by molar-refractivity contribution is 5.92. The molecule has 4 heterocycles. The Morgan fingerprint density at radius 2 is 1.64 bits per heavy atom. The second kappa shape index (κ2) is 26.4. The van der Waals surface area contributed by atoms with Gasteiger partial charge < -0.3 is 73.9 Å². The zero-order valence-corrected chi connectivity index (χ0v) is 47.4. The highest BCUT2D eigenvalue weighted by atomic mass is 16.7. The van der Waals surface area contributed by atoms with Crippen LogP contribution in [-0.4, -0.2) is 176 Å². The lowest BCUT2D eigenvalue weighted by atomic mass is 9.73. The number of cyclic esters (lactones) is 1. The van der Waals surface area contributed by atoms with Crippen molar-refractivity contribution in [3.05, 3.63) is 45.7 Å². The lowest BCUT2D eigenvalue weighted by Crippen LogP contribution is -2.61. The maximum absolute atomic E-state index is 14.5. The number of Topliss-reactive ketones (excluding diaryl/α,β-unsaturated/α-hetero) is 1. The molecule has 3 aliphatic rings. The number of methoxy groups -OCH3 is 1. The molecule has 430 valence electrons. The zero-order valence-electron chi connectivity index (χ0n) is 47.4. The van der Waals surface area contributed by atoms with Crippen molar-refractivity contribution >= 4 is 34.3 Å². The number of esters is 1. The van der Waals surface area contributed by atoms with Crippen molar-refractivity contribution in [2.24, 2.45) is 34.7 Å². The van der Waals surface area contributed by atoms with Gasteiger partial charge in [0.05, 0.1) is 58.9 Å². The van der Waals surface area contributed by atoms with Crippen molar-refractivity contribution in [2.45, 2.75) is 212 Å². The Morgan fingerprint density at radius 3 is 2.25 bits per heavy atom. The number of aromatic nitrogens is 1. The largest absolute Gasteiger partial charge is 0.477 e. The van der Waals surface area contributed by atoms with Gasteiger partial charge >= 0.3 is 11.9 Å². The van der Waals surface area contributed by atoms with Crippen LogP contribution in [0.2, 0.25) is 0 Å². The van der Waals surface area contributed by atoms with Crippen molar-refractivity contribution in [3.8, 4) is 0 Å². The summed E-state index contributed by atoms with van der Waals surface area (Å²) in [4.78, 5) is 54.8. The number of benzene rings is 1. The molecule has 5 rings (SSSR count). The number of carbonyl (C=O) groups is 3. The van der Waals surface area contributed by atoms with Crippen molar-refractivity contribution in [1.82, 2.24) is 14.8 Å². The third-order valence-electron chi connectivity index (χ3n) is 16.8. The number of carboxylic acids is 1. The highest BCUT2D eigenvalue weighted by Crippen LogP contribution is 2.43. The van der Waals surface area contributed by atoms with Crippen LogP contribution < -0.4 is 10.7 Å². The topological polar surface area (TPSA) is 278 Å². The summed E-state index contributed by atoms with van der Waals surface area (Å²) in [7, 11) is 5.26. The fraction of sp³-hybridized carbons (Fsp3) is 0.768. The lowest BCUT2D eigenvalue weighted by Gasteiger charge is -2.50. The second-order valence-corrected chi connectivity index (χ2v) is 22.9. The molecule has 76 heavy (non-hydrogen) atoms. The van der Waals surface area contributed by atoms with E-state index in [-0.39, 0.29) is 61.3 Å². The molecule has 7 N–H and O–H groups in total. The smallest absolute Gasteiger partial charge is 0.341 e. The van der Waals surface area contributed by atoms with Crippen molar-refractivity contribution in [2.75, 3.05) is 34.3 Å². The molecular weight excluding hydrogens is 985 g/mol. The molecule has 1 aromatic heterocycles. The third kappa shape index (κ3) is 14.3. The number of rotatable bonds is 18. The second-order valence-electron chi connectivity index (χ2n) is 22.9. The van der Waals surface area contributed by atoms with Crippen LogP contribution >= 0.6 is 0 Å². The van der Waals surface area contributed by atoms with Gasteiger partial charge in [0, 0.05) is 80.8 Å². The fourth-order valence-electron chi connectivity index (χ4n) is 12.2.